The number of anilines is 1. The molecule has 23 heavy (non-hydrogen) atoms. The Morgan fingerprint density at radius 3 is 1.57 bits per heavy atom. The van der Waals surface area contributed by atoms with Crippen molar-refractivity contribution in [1.82, 2.24) is 4.57 Å². The quantitative estimate of drug-likeness (QED) is 0.443. The lowest BCUT2D eigenvalue weighted by Crippen LogP contribution is -2.53. The van der Waals surface area contributed by atoms with Gasteiger partial charge in [0.25, 0.3) is 0 Å². The summed E-state index contributed by atoms with van der Waals surface area (Å²) in [5.74, 6) is 1.17. The molecule has 0 radical (unpaired) electrons. The van der Waals surface area contributed by atoms with Gasteiger partial charge < -0.3 is 17.3 Å². The summed E-state index contributed by atoms with van der Waals surface area (Å²) in [4.78, 5) is 0. The van der Waals surface area contributed by atoms with Gasteiger partial charge in [0.15, 0.2) is 0 Å². The summed E-state index contributed by atoms with van der Waals surface area (Å²) in [6.45, 7) is 20.0. The van der Waals surface area contributed by atoms with Crippen LogP contribution in [0.4, 0.5) is 23.2 Å². The summed E-state index contributed by atoms with van der Waals surface area (Å²) < 4.78 is 43.6. The number of nitrogens with zero attached hydrogens (tertiary/aromatic N) is 2. The molecule has 0 aliphatic heterocycles. The van der Waals surface area contributed by atoms with Crippen molar-refractivity contribution in [3.8, 4) is 0 Å². The first kappa shape index (κ1) is 21.8. The normalized spacial score (nSPS) is 13.4. The summed E-state index contributed by atoms with van der Waals surface area (Å²) in [5, 5.41) is 3.64. The average Bonchev–Trinajstić information content (AvgIpc) is 2.53. The van der Waals surface area contributed by atoms with Gasteiger partial charge in [-0.15, -0.1) is 0 Å². The van der Waals surface area contributed by atoms with Crippen LogP contribution in [-0.2, 0) is 11.1 Å². The fourth-order valence-electron chi connectivity index (χ4n) is 1.93. The van der Waals surface area contributed by atoms with E-state index in [-0.39, 0.29) is 16.6 Å². The summed E-state index contributed by atoms with van der Waals surface area (Å²) >= 11 is 0. The number of halogens is 4. The molecule has 3 nitrogen and oxygen atoms in total. The van der Waals surface area contributed by atoms with Crippen LogP contribution in [0.25, 0.3) is 0 Å². The molecule has 0 atom stereocenters. The van der Waals surface area contributed by atoms with E-state index in [9.17, 15) is 17.3 Å². The molecule has 0 aromatic carbocycles. The highest BCUT2D eigenvalue weighted by molar-refractivity contribution is 6.50. The summed E-state index contributed by atoms with van der Waals surface area (Å²) in [6.07, 6.45) is 4.33. The second-order valence-corrected chi connectivity index (χ2v) is 8.57. The lowest BCUT2D eigenvalue weighted by atomic mass is 10.1. The zero-order valence-electron chi connectivity index (χ0n) is 15.6. The predicted molar refractivity (Wildman–Crippen MR) is 88.2 cm³/mol. The van der Waals surface area contributed by atoms with Crippen LogP contribution in [0.3, 0.4) is 0 Å². The van der Waals surface area contributed by atoms with E-state index in [2.05, 4.69) is 89.2 Å². The molecule has 1 heterocycles. The first-order valence-corrected chi connectivity index (χ1v) is 7.62. The highest BCUT2D eigenvalue weighted by Crippen LogP contribution is 2.23. The molecule has 0 aliphatic rings. The van der Waals surface area contributed by atoms with Crippen LogP contribution in [0.15, 0.2) is 12.4 Å². The van der Waals surface area contributed by atoms with Crippen LogP contribution < -0.4 is 9.88 Å². The summed E-state index contributed by atoms with van der Waals surface area (Å²) in [7, 11) is -6.00. The highest BCUT2D eigenvalue weighted by atomic mass is 19.5. The molecule has 0 amide bonds. The monoisotopic (exact) mass is 339 g/mol. The van der Waals surface area contributed by atoms with E-state index < -0.39 is 7.25 Å². The van der Waals surface area contributed by atoms with E-state index in [0.29, 0.717) is 0 Å². The average molecular weight is 339 g/mol. The van der Waals surface area contributed by atoms with Crippen LogP contribution in [0, 0.1) is 0 Å². The molecule has 1 rings (SSSR count). The number of aromatic nitrogens is 2. The van der Waals surface area contributed by atoms with E-state index in [4.69, 9.17) is 0 Å². The van der Waals surface area contributed by atoms with Crippen molar-refractivity contribution in [2.75, 3.05) is 5.32 Å². The van der Waals surface area contributed by atoms with Gasteiger partial charge in [0.1, 0.15) is 0 Å². The van der Waals surface area contributed by atoms with Gasteiger partial charge >= 0.3 is 13.2 Å². The van der Waals surface area contributed by atoms with Crippen LogP contribution in [0.1, 0.15) is 62.3 Å². The van der Waals surface area contributed by atoms with Gasteiger partial charge in [-0.3, -0.25) is 5.32 Å². The molecule has 1 N–H and O–H groups in total. The van der Waals surface area contributed by atoms with Crippen molar-refractivity contribution in [3.63, 3.8) is 0 Å². The molecule has 0 saturated heterocycles. The highest BCUT2D eigenvalue weighted by Gasteiger charge is 2.33. The minimum absolute atomic E-state index is 0.0500. The topological polar surface area (TPSA) is 20.8 Å². The molecular weight excluding hydrogens is 309 g/mol. The molecule has 1 aromatic heterocycles. The fraction of sp³-hybridized carbons (Fsp3) is 0.800. The van der Waals surface area contributed by atoms with E-state index in [1.165, 1.54) is 5.95 Å². The van der Waals surface area contributed by atoms with Gasteiger partial charge in [-0.05, 0) is 62.3 Å². The minimum atomic E-state index is -6.00. The van der Waals surface area contributed by atoms with E-state index in [0.717, 1.165) is 0 Å². The first-order valence-electron chi connectivity index (χ1n) is 7.62. The molecule has 0 spiro atoms. The maximum absolute atomic E-state index is 9.75. The molecular formula is C15H30BF4N3. The fourth-order valence-corrected chi connectivity index (χ4v) is 1.93. The van der Waals surface area contributed by atoms with Crippen LogP contribution >= 0.6 is 0 Å². The maximum atomic E-state index is 9.75. The van der Waals surface area contributed by atoms with Crippen LogP contribution in [0.5, 0.6) is 0 Å². The van der Waals surface area contributed by atoms with Gasteiger partial charge in [0.05, 0.1) is 29.0 Å². The Morgan fingerprint density at radius 1 is 0.913 bits per heavy atom. The van der Waals surface area contributed by atoms with Crippen LogP contribution in [-0.4, -0.2) is 17.4 Å². The van der Waals surface area contributed by atoms with Crippen molar-refractivity contribution in [3.05, 3.63) is 12.4 Å². The Balaban J connectivity index is 0.000000841. The van der Waals surface area contributed by atoms with Crippen molar-refractivity contribution in [2.45, 2.75) is 78.9 Å². The van der Waals surface area contributed by atoms with E-state index in [1.807, 2.05) is 0 Å². The Kier molecular flexibility index (Phi) is 6.38. The third-order valence-corrected chi connectivity index (χ3v) is 2.75. The van der Waals surface area contributed by atoms with Gasteiger partial charge in [-0.25, -0.2) is 9.13 Å². The second-order valence-electron chi connectivity index (χ2n) is 8.57. The number of hydrogen-bond donors (Lipinski definition) is 1. The van der Waals surface area contributed by atoms with Crippen molar-refractivity contribution in [1.29, 1.82) is 0 Å². The molecule has 0 unspecified atom stereocenters. The molecule has 0 bridgehead atoms. The number of hydrogen-bond acceptors (Lipinski definition) is 1. The number of rotatable bonds is 1. The number of imidazole rings is 1. The predicted octanol–water partition coefficient (Wildman–Crippen LogP) is 4.80. The molecule has 0 aliphatic carbocycles. The van der Waals surface area contributed by atoms with Gasteiger partial charge in [-0.2, -0.15) is 0 Å². The SMILES string of the molecule is CC(C)(C)Nc1n(C(C)(C)C)cc[n+]1C(C)(C)C.F[B-](F)(F)F. The maximum Gasteiger partial charge on any atom is 0.673 e. The smallest absolute Gasteiger partial charge is 0.418 e. The zero-order valence-corrected chi connectivity index (χ0v) is 15.6. The molecule has 0 fully saturated rings. The summed E-state index contributed by atoms with van der Waals surface area (Å²) in [5.41, 5.74) is 0.197. The lowest BCUT2D eigenvalue weighted by molar-refractivity contribution is -0.740. The number of nitrogens with one attached hydrogen (secondary N) is 1. The van der Waals surface area contributed by atoms with Gasteiger partial charge in [0, 0.05) is 0 Å². The zero-order chi connectivity index (χ0) is 18.9. The molecule has 0 saturated carbocycles. The van der Waals surface area contributed by atoms with E-state index >= 15 is 0 Å². The van der Waals surface area contributed by atoms with E-state index in [1.54, 1.807) is 0 Å². The Morgan fingerprint density at radius 2 is 1.30 bits per heavy atom. The lowest BCUT2D eigenvalue weighted by Gasteiger charge is -2.26. The first-order chi connectivity index (χ1) is 9.82. The Hall–Kier alpha value is -1.21. The largest absolute Gasteiger partial charge is 0.673 e. The molecule has 1 aromatic rings. The second kappa shape index (κ2) is 6.73. The van der Waals surface area contributed by atoms with Crippen molar-refractivity contribution < 1.29 is 21.8 Å². The molecule has 136 valence electrons. The Bertz CT molecular complexity index is 465. The summed E-state index contributed by atoms with van der Waals surface area (Å²) in [6, 6.07) is 0. The van der Waals surface area contributed by atoms with Crippen molar-refractivity contribution in [2.24, 2.45) is 0 Å². The van der Waals surface area contributed by atoms with Crippen LogP contribution in [0.2, 0.25) is 0 Å². The minimum Gasteiger partial charge on any atom is -0.418 e. The van der Waals surface area contributed by atoms with Gasteiger partial charge in [0.2, 0.25) is 0 Å². The molecule has 8 heteroatoms. The third kappa shape index (κ3) is 8.86. The standard InChI is InChI=1S/C15H29N3.BF4/c1-13(2,3)16-12-17(14(4,5)6)10-11-18(12)15(7,8)9;2-1(3,4)5/h10-11H,1-9H3;/q;-1/p+1. The third-order valence-electron chi connectivity index (χ3n) is 2.75. The van der Waals surface area contributed by atoms with Crippen molar-refractivity contribution >= 4 is 13.2 Å². The Labute approximate surface area is 137 Å². The van der Waals surface area contributed by atoms with Gasteiger partial charge in [-0.1, -0.05) is 0 Å².